The Morgan fingerprint density at radius 3 is 2.42 bits per heavy atom. The van der Waals surface area contributed by atoms with Gasteiger partial charge in [0.25, 0.3) is 5.91 Å². The summed E-state index contributed by atoms with van der Waals surface area (Å²) in [7, 11) is -0.786. The monoisotopic (exact) mass is 444 g/mol. The van der Waals surface area contributed by atoms with Crippen molar-refractivity contribution >= 4 is 27.3 Å². The van der Waals surface area contributed by atoms with Crippen LogP contribution >= 0.6 is 0 Å². The van der Waals surface area contributed by atoms with Crippen LogP contribution < -0.4 is 15.0 Å². The molecule has 8 nitrogen and oxygen atoms in total. The second-order valence-electron chi connectivity index (χ2n) is 8.08. The third-order valence-electron chi connectivity index (χ3n) is 5.83. The van der Waals surface area contributed by atoms with E-state index in [1.807, 2.05) is 25.1 Å². The molecule has 2 aromatic carbocycles. The van der Waals surface area contributed by atoms with Crippen LogP contribution in [0, 0.1) is 6.92 Å². The Kier molecular flexibility index (Phi) is 5.67. The molecule has 0 aliphatic carbocycles. The number of nitrogens with zero attached hydrogens (tertiary/aromatic N) is 3. The molecular weight excluding hydrogens is 416 g/mol. The topological polar surface area (TPSA) is 82.2 Å². The van der Waals surface area contributed by atoms with Gasteiger partial charge in [-0.2, -0.15) is 0 Å². The lowest BCUT2D eigenvalue weighted by Crippen LogP contribution is -2.46. The van der Waals surface area contributed by atoms with Crippen LogP contribution in [-0.4, -0.2) is 70.3 Å². The highest BCUT2D eigenvalue weighted by molar-refractivity contribution is 7.89. The van der Waals surface area contributed by atoms with Crippen molar-refractivity contribution < 1.29 is 17.9 Å². The van der Waals surface area contributed by atoms with Crippen LogP contribution in [0.25, 0.3) is 0 Å². The first-order valence-corrected chi connectivity index (χ1v) is 11.8. The standard InChI is InChI=1S/C22H28N4O4S/c1-5-25-8-10-26(11-9-25)18-14-20-16(13-21(18)31(28,29)24(3)4)22(27)23-17-12-15(2)6-7-19(17)30-20/h6-7,12-14H,5,8-11H2,1-4H3,(H,23,27). The summed E-state index contributed by atoms with van der Waals surface area (Å²) < 4.78 is 33.6. The van der Waals surface area contributed by atoms with Gasteiger partial charge >= 0.3 is 0 Å². The third kappa shape index (κ3) is 4.00. The Balaban J connectivity index is 1.85. The van der Waals surface area contributed by atoms with Gasteiger partial charge in [-0.25, -0.2) is 12.7 Å². The summed E-state index contributed by atoms with van der Waals surface area (Å²) in [6, 6.07) is 8.69. The molecule has 0 aromatic heterocycles. The van der Waals surface area contributed by atoms with Gasteiger partial charge in [0, 0.05) is 46.3 Å². The highest BCUT2D eigenvalue weighted by Crippen LogP contribution is 2.41. The number of hydrogen-bond acceptors (Lipinski definition) is 6. The van der Waals surface area contributed by atoms with Crippen molar-refractivity contribution in [1.29, 1.82) is 0 Å². The van der Waals surface area contributed by atoms with Gasteiger partial charge in [-0.15, -0.1) is 0 Å². The largest absolute Gasteiger partial charge is 0.454 e. The fourth-order valence-corrected chi connectivity index (χ4v) is 5.02. The second-order valence-corrected chi connectivity index (χ2v) is 10.2. The SMILES string of the molecule is CCN1CCN(c2cc3c(cc2S(=O)(=O)N(C)C)C(=O)Nc2cc(C)ccc2O3)CC1. The molecule has 1 N–H and O–H groups in total. The van der Waals surface area contributed by atoms with Crippen LogP contribution in [0.5, 0.6) is 11.5 Å². The Morgan fingerprint density at radius 2 is 1.77 bits per heavy atom. The summed E-state index contributed by atoms with van der Waals surface area (Å²) in [6.45, 7) is 8.10. The van der Waals surface area contributed by atoms with E-state index in [9.17, 15) is 13.2 Å². The predicted octanol–water partition coefficient (Wildman–Crippen LogP) is 2.75. The average molecular weight is 445 g/mol. The molecule has 2 heterocycles. The molecule has 0 unspecified atom stereocenters. The van der Waals surface area contributed by atoms with E-state index in [2.05, 4.69) is 22.0 Å². The highest BCUT2D eigenvalue weighted by Gasteiger charge is 2.31. The van der Waals surface area contributed by atoms with Gasteiger partial charge in [0.2, 0.25) is 10.0 Å². The Morgan fingerprint density at radius 1 is 1.06 bits per heavy atom. The number of nitrogens with one attached hydrogen (secondary N) is 1. The maximum atomic E-state index is 13.2. The zero-order valence-electron chi connectivity index (χ0n) is 18.3. The van der Waals surface area contributed by atoms with Gasteiger partial charge in [-0.1, -0.05) is 13.0 Å². The van der Waals surface area contributed by atoms with Gasteiger partial charge in [-0.05, 0) is 37.2 Å². The van der Waals surface area contributed by atoms with Crippen molar-refractivity contribution in [3.63, 3.8) is 0 Å². The van der Waals surface area contributed by atoms with Crippen LogP contribution in [-0.2, 0) is 10.0 Å². The molecule has 1 fully saturated rings. The molecule has 2 aliphatic heterocycles. The number of aryl methyl sites for hydroxylation is 1. The first-order valence-electron chi connectivity index (χ1n) is 10.4. The molecule has 0 saturated carbocycles. The minimum atomic E-state index is -3.78. The molecule has 0 atom stereocenters. The van der Waals surface area contributed by atoms with Crippen molar-refractivity contribution in [2.45, 2.75) is 18.7 Å². The van der Waals surface area contributed by atoms with E-state index in [0.29, 0.717) is 36.0 Å². The zero-order valence-corrected chi connectivity index (χ0v) is 19.1. The number of hydrogen-bond donors (Lipinski definition) is 1. The van der Waals surface area contributed by atoms with E-state index in [1.54, 1.807) is 6.07 Å². The normalized spacial score (nSPS) is 16.9. The van der Waals surface area contributed by atoms with Crippen LogP contribution in [0.4, 0.5) is 11.4 Å². The number of likely N-dealkylation sites (N-methyl/N-ethyl adjacent to an activating group) is 1. The fraction of sp³-hybridized carbons (Fsp3) is 0.409. The lowest BCUT2D eigenvalue weighted by molar-refractivity contribution is 0.102. The minimum absolute atomic E-state index is 0.113. The molecule has 2 aliphatic rings. The average Bonchev–Trinajstić information content (AvgIpc) is 2.88. The molecular formula is C22H28N4O4S. The summed E-state index contributed by atoms with van der Waals surface area (Å²) >= 11 is 0. The lowest BCUT2D eigenvalue weighted by Gasteiger charge is -2.36. The molecule has 0 spiro atoms. The third-order valence-corrected chi connectivity index (χ3v) is 7.67. The summed E-state index contributed by atoms with van der Waals surface area (Å²) in [6.07, 6.45) is 0. The summed E-state index contributed by atoms with van der Waals surface area (Å²) in [5, 5.41) is 2.85. The van der Waals surface area contributed by atoms with Crippen LogP contribution in [0.1, 0.15) is 22.8 Å². The van der Waals surface area contributed by atoms with Crippen molar-refractivity contribution in [3.8, 4) is 11.5 Å². The predicted molar refractivity (Wildman–Crippen MR) is 121 cm³/mol. The van der Waals surface area contributed by atoms with Crippen molar-refractivity contribution in [3.05, 3.63) is 41.5 Å². The second kappa shape index (κ2) is 8.14. The van der Waals surface area contributed by atoms with Crippen molar-refractivity contribution in [2.24, 2.45) is 0 Å². The fourth-order valence-electron chi connectivity index (χ4n) is 3.91. The van der Waals surface area contributed by atoms with E-state index < -0.39 is 15.9 Å². The van der Waals surface area contributed by atoms with E-state index >= 15 is 0 Å². The summed E-state index contributed by atoms with van der Waals surface area (Å²) in [5.41, 5.74) is 2.31. The molecule has 31 heavy (non-hydrogen) atoms. The molecule has 4 rings (SSSR count). The molecule has 1 saturated heterocycles. The first-order chi connectivity index (χ1) is 14.7. The maximum Gasteiger partial charge on any atom is 0.259 e. The molecule has 1 amide bonds. The molecule has 0 radical (unpaired) electrons. The number of carbonyl (C=O) groups is 1. The molecule has 2 aromatic rings. The maximum absolute atomic E-state index is 13.2. The molecule has 0 bridgehead atoms. The number of amides is 1. The smallest absolute Gasteiger partial charge is 0.259 e. The first kappa shape index (κ1) is 21.6. The Labute approximate surface area is 183 Å². The van der Waals surface area contributed by atoms with Crippen molar-refractivity contribution in [1.82, 2.24) is 9.21 Å². The van der Waals surface area contributed by atoms with Gasteiger partial charge in [-0.3, -0.25) is 4.79 Å². The van der Waals surface area contributed by atoms with Crippen LogP contribution in [0.3, 0.4) is 0 Å². The Bertz CT molecular complexity index is 1120. The van der Waals surface area contributed by atoms with Crippen LogP contribution in [0.2, 0.25) is 0 Å². The van der Waals surface area contributed by atoms with Crippen LogP contribution in [0.15, 0.2) is 35.2 Å². The van der Waals surface area contributed by atoms with E-state index in [-0.39, 0.29) is 10.5 Å². The van der Waals surface area contributed by atoms with Gasteiger partial charge in [0.1, 0.15) is 10.6 Å². The highest BCUT2D eigenvalue weighted by atomic mass is 32.2. The van der Waals surface area contributed by atoms with Crippen molar-refractivity contribution in [2.75, 3.05) is 57.0 Å². The Hall–Kier alpha value is -2.62. The van der Waals surface area contributed by atoms with Gasteiger partial charge < -0.3 is 19.9 Å². The number of anilines is 2. The number of benzene rings is 2. The lowest BCUT2D eigenvalue weighted by atomic mass is 10.1. The van der Waals surface area contributed by atoms with Gasteiger partial charge in [0.05, 0.1) is 16.9 Å². The molecule has 166 valence electrons. The van der Waals surface area contributed by atoms with E-state index in [0.717, 1.165) is 25.2 Å². The van der Waals surface area contributed by atoms with E-state index in [4.69, 9.17) is 4.74 Å². The number of carbonyl (C=O) groups excluding carboxylic acids is 1. The van der Waals surface area contributed by atoms with Gasteiger partial charge in [0.15, 0.2) is 5.75 Å². The molecule has 9 heteroatoms. The zero-order chi connectivity index (χ0) is 22.3. The minimum Gasteiger partial charge on any atom is -0.454 e. The number of sulfonamides is 1. The number of rotatable bonds is 4. The summed E-state index contributed by atoms with van der Waals surface area (Å²) in [4.78, 5) is 17.5. The summed E-state index contributed by atoms with van der Waals surface area (Å²) in [5.74, 6) is 0.491. The number of piperazine rings is 1. The quantitative estimate of drug-likeness (QED) is 0.781. The number of ether oxygens (including phenoxy) is 1. The van der Waals surface area contributed by atoms with E-state index in [1.165, 1.54) is 24.5 Å². The number of fused-ring (bicyclic) bond motifs is 2.